The first-order valence-corrected chi connectivity index (χ1v) is 16.6. The van der Waals surface area contributed by atoms with E-state index in [4.69, 9.17) is 21.6 Å². The van der Waals surface area contributed by atoms with E-state index in [9.17, 15) is 0 Å². The molecule has 0 fully saturated rings. The Morgan fingerprint density at radius 2 is 1.00 bits per heavy atom. The van der Waals surface area contributed by atoms with Crippen molar-refractivity contribution >= 4 is 57.5 Å². The summed E-state index contributed by atoms with van der Waals surface area (Å²) in [6.45, 7) is 0. The summed E-state index contributed by atoms with van der Waals surface area (Å²) in [6, 6.07) is 50.2. The van der Waals surface area contributed by atoms with Crippen LogP contribution in [0.3, 0.4) is 0 Å². The normalized spacial score (nSPS) is 12.2. The van der Waals surface area contributed by atoms with E-state index < -0.39 is 0 Å². The first-order valence-electron chi connectivity index (χ1n) is 16.3. The van der Waals surface area contributed by atoms with Gasteiger partial charge in [0.15, 0.2) is 0 Å². The molecule has 5 heterocycles. The zero-order valence-electron chi connectivity index (χ0n) is 26.4. The van der Waals surface area contributed by atoms with E-state index in [0.717, 1.165) is 89.4 Å². The van der Waals surface area contributed by atoms with Crippen LogP contribution in [0.1, 0.15) is 28.3 Å². The van der Waals surface area contributed by atoms with Crippen LogP contribution in [-0.4, -0.2) is 19.9 Å². The van der Waals surface area contributed by atoms with E-state index in [2.05, 4.69) is 162 Å². The van der Waals surface area contributed by atoms with Crippen LogP contribution in [-0.2, 0) is 0 Å². The quantitative estimate of drug-likeness (QED) is 0.199. The number of aromatic amines is 2. The molecule has 3 aromatic heterocycles. The largest absolute Gasteiger partial charge is 0.355 e. The van der Waals surface area contributed by atoms with Crippen molar-refractivity contribution in [2.24, 2.45) is 0 Å². The third kappa shape index (κ3) is 5.48. The number of rotatable bonds is 4. The molecule has 5 heteroatoms. The lowest BCUT2D eigenvalue weighted by Crippen LogP contribution is -1.92. The topological polar surface area (TPSA) is 57.4 Å². The van der Waals surface area contributed by atoms with E-state index in [0.29, 0.717) is 5.02 Å². The minimum Gasteiger partial charge on any atom is -0.355 e. The molecule has 4 nitrogen and oxygen atoms in total. The van der Waals surface area contributed by atoms with Crippen molar-refractivity contribution in [3.63, 3.8) is 0 Å². The fourth-order valence-corrected chi connectivity index (χ4v) is 6.91. The van der Waals surface area contributed by atoms with Gasteiger partial charge in [-0.2, -0.15) is 0 Å². The molecule has 0 radical (unpaired) electrons. The Hall–Kier alpha value is -6.23. The van der Waals surface area contributed by atoms with Crippen LogP contribution in [0.25, 0.3) is 79.2 Å². The monoisotopic (exact) mass is 648 g/mol. The van der Waals surface area contributed by atoms with Gasteiger partial charge in [0.1, 0.15) is 0 Å². The number of fused-ring (bicyclic) bond motifs is 8. The SMILES string of the molecule is Clc1ccc(-c2c(-c3ccccc3)c3[nH]c2cc2nc(cc4ccc(cc5nc(c3-c3ccccc3)C(c3ccccc3)=C5)[nH]4)C=C2)cc1. The fourth-order valence-electron chi connectivity index (χ4n) is 6.79. The summed E-state index contributed by atoms with van der Waals surface area (Å²) in [5.41, 5.74) is 15.9. The van der Waals surface area contributed by atoms with Crippen molar-refractivity contribution in [2.75, 3.05) is 0 Å². The number of nitrogens with one attached hydrogen (secondary N) is 2. The molecule has 49 heavy (non-hydrogen) atoms. The highest BCUT2D eigenvalue weighted by molar-refractivity contribution is 6.30. The highest BCUT2D eigenvalue weighted by Gasteiger charge is 2.24. The lowest BCUT2D eigenvalue weighted by molar-refractivity contribution is 1.30. The smallest absolute Gasteiger partial charge is 0.0815 e. The Balaban J connectivity index is 1.53. The maximum atomic E-state index is 6.44. The standard InChI is InChI=1S/C44H29ClN4/c45-32-18-16-31(17-19-32)40-39-27-36-23-22-34(47-36)24-33-20-21-35(46-33)25-37-26-38(28-10-4-1-5-11-28)43(48-37)42(30-14-8-3-9-15-30)44(49-39)41(40)29-12-6-2-7-13-29/h1-27,46,49H. The first kappa shape index (κ1) is 29.0. The average molecular weight is 649 g/mol. The van der Waals surface area contributed by atoms with Gasteiger partial charge < -0.3 is 9.97 Å². The Kier molecular flexibility index (Phi) is 7.15. The minimum atomic E-state index is 0.691. The van der Waals surface area contributed by atoms with Crippen molar-refractivity contribution in [1.29, 1.82) is 0 Å². The van der Waals surface area contributed by atoms with Gasteiger partial charge in [0.25, 0.3) is 0 Å². The summed E-state index contributed by atoms with van der Waals surface area (Å²) < 4.78 is 0. The number of aromatic nitrogens is 4. The average Bonchev–Trinajstić information content (AvgIpc) is 3.94. The predicted molar refractivity (Wildman–Crippen MR) is 205 cm³/mol. The van der Waals surface area contributed by atoms with Gasteiger partial charge in [-0.1, -0.05) is 115 Å². The van der Waals surface area contributed by atoms with E-state index in [1.807, 2.05) is 12.1 Å². The molecule has 232 valence electrons. The third-order valence-electron chi connectivity index (χ3n) is 8.96. The number of hydrogen-bond donors (Lipinski definition) is 2. The van der Waals surface area contributed by atoms with Gasteiger partial charge in [0.05, 0.1) is 28.3 Å². The zero-order valence-corrected chi connectivity index (χ0v) is 27.1. The van der Waals surface area contributed by atoms with Crippen LogP contribution < -0.4 is 0 Å². The molecular weight excluding hydrogens is 620 g/mol. The zero-order chi connectivity index (χ0) is 32.7. The minimum absolute atomic E-state index is 0.691. The van der Waals surface area contributed by atoms with Gasteiger partial charge in [0.2, 0.25) is 0 Å². The third-order valence-corrected chi connectivity index (χ3v) is 9.21. The highest BCUT2D eigenvalue weighted by Crippen LogP contribution is 2.45. The molecule has 9 rings (SSSR count). The predicted octanol–water partition coefficient (Wildman–Crippen LogP) is 11.7. The van der Waals surface area contributed by atoms with Crippen LogP contribution in [0.15, 0.2) is 146 Å². The summed E-state index contributed by atoms with van der Waals surface area (Å²) in [6.07, 6.45) is 6.31. The van der Waals surface area contributed by atoms with E-state index in [-0.39, 0.29) is 0 Å². The van der Waals surface area contributed by atoms with Gasteiger partial charge in [-0.3, -0.25) is 0 Å². The molecule has 2 aliphatic rings. The Morgan fingerprint density at radius 3 is 1.65 bits per heavy atom. The number of H-pyrrole nitrogens is 2. The Morgan fingerprint density at radius 1 is 0.449 bits per heavy atom. The summed E-state index contributed by atoms with van der Waals surface area (Å²) in [7, 11) is 0. The molecule has 0 spiro atoms. The first-order chi connectivity index (χ1) is 24.2. The summed E-state index contributed by atoms with van der Waals surface area (Å²) in [5, 5.41) is 0.691. The van der Waals surface area contributed by atoms with Crippen LogP contribution in [0, 0.1) is 0 Å². The second kappa shape index (κ2) is 12.1. The van der Waals surface area contributed by atoms with Gasteiger partial charge in [0, 0.05) is 43.8 Å². The molecule has 0 aliphatic carbocycles. The van der Waals surface area contributed by atoms with Gasteiger partial charge in [-0.05, 0) is 82.9 Å². The highest BCUT2D eigenvalue weighted by atomic mass is 35.5. The summed E-state index contributed by atoms with van der Waals surface area (Å²) in [4.78, 5) is 17.9. The number of nitrogens with zero attached hydrogens (tertiary/aromatic N) is 2. The van der Waals surface area contributed by atoms with Crippen molar-refractivity contribution in [1.82, 2.24) is 19.9 Å². The van der Waals surface area contributed by atoms with Crippen molar-refractivity contribution < 1.29 is 0 Å². The summed E-state index contributed by atoms with van der Waals surface area (Å²) >= 11 is 6.44. The Labute approximate surface area is 288 Å². The summed E-state index contributed by atoms with van der Waals surface area (Å²) in [5.74, 6) is 0. The van der Waals surface area contributed by atoms with Crippen LogP contribution >= 0.6 is 11.6 Å². The number of benzene rings is 4. The molecule has 7 aromatic rings. The maximum absolute atomic E-state index is 6.44. The van der Waals surface area contributed by atoms with Crippen molar-refractivity contribution in [3.8, 4) is 33.4 Å². The number of halogens is 1. The molecule has 0 unspecified atom stereocenters. The second-order valence-electron chi connectivity index (χ2n) is 12.2. The van der Waals surface area contributed by atoms with Gasteiger partial charge >= 0.3 is 0 Å². The maximum Gasteiger partial charge on any atom is 0.0815 e. The molecular formula is C44H29ClN4. The van der Waals surface area contributed by atoms with Gasteiger partial charge in [-0.25, -0.2) is 9.97 Å². The lowest BCUT2D eigenvalue weighted by Gasteiger charge is -2.12. The molecule has 2 aliphatic heterocycles. The van der Waals surface area contributed by atoms with Crippen molar-refractivity contribution in [3.05, 3.63) is 179 Å². The molecule has 0 atom stereocenters. The number of hydrogen-bond acceptors (Lipinski definition) is 2. The second-order valence-corrected chi connectivity index (χ2v) is 12.6. The molecule has 0 saturated heterocycles. The van der Waals surface area contributed by atoms with Gasteiger partial charge in [-0.15, -0.1) is 0 Å². The van der Waals surface area contributed by atoms with E-state index in [1.54, 1.807) is 0 Å². The van der Waals surface area contributed by atoms with Crippen LogP contribution in [0.5, 0.6) is 0 Å². The molecule has 8 bridgehead atoms. The Bertz CT molecular complexity index is 2580. The molecule has 4 aromatic carbocycles. The van der Waals surface area contributed by atoms with E-state index >= 15 is 0 Å². The van der Waals surface area contributed by atoms with E-state index in [1.165, 1.54) is 0 Å². The van der Waals surface area contributed by atoms with Crippen LogP contribution in [0.4, 0.5) is 0 Å². The molecule has 2 N–H and O–H groups in total. The van der Waals surface area contributed by atoms with Crippen LogP contribution in [0.2, 0.25) is 5.02 Å². The molecule has 0 amide bonds. The fraction of sp³-hybridized carbons (Fsp3) is 0. The molecule has 0 saturated carbocycles. The lowest BCUT2D eigenvalue weighted by atomic mass is 9.91. The van der Waals surface area contributed by atoms with Crippen molar-refractivity contribution in [2.45, 2.75) is 0 Å².